The summed E-state index contributed by atoms with van der Waals surface area (Å²) in [6.07, 6.45) is 2.51. The minimum absolute atomic E-state index is 0.0764. The van der Waals surface area contributed by atoms with Crippen LogP contribution in [0.5, 0.6) is 0 Å². The van der Waals surface area contributed by atoms with Gasteiger partial charge in [0.2, 0.25) is 5.91 Å². The maximum Gasteiger partial charge on any atom is 0.264 e. The first-order chi connectivity index (χ1) is 16.8. The molecule has 1 fully saturated rings. The van der Waals surface area contributed by atoms with E-state index in [0.717, 1.165) is 29.5 Å². The van der Waals surface area contributed by atoms with Crippen molar-refractivity contribution in [2.75, 3.05) is 23.9 Å². The van der Waals surface area contributed by atoms with Crippen LogP contribution >= 0.6 is 23.2 Å². The van der Waals surface area contributed by atoms with Crippen molar-refractivity contribution >= 4 is 44.8 Å². The molecule has 0 radical (unpaired) electrons. The lowest BCUT2D eigenvalue weighted by Crippen LogP contribution is -2.40. The predicted octanol–water partition coefficient (Wildman–Crippen LogP) is 5.10. The minimum atomic E-state index is -4.01. The Bertz CT molecular complexity index is 1260. The molecule has 1 N–H and O–H groups in total. The average molecular weight is 532 g/mol. The minimum Gasteiger partial charge on any atom is -0.350 e. The zero-order valence-corrected chi connectivity index (χ0v) is 21.5. The van der Waals surface area contributed by atoms with E-state index in [1.165, 1.54) is 48.7 Å². The van der Waals surface area contributed by atoms with Crippen LogP contribution in [0.2, 0.25) is 10.0 Å². The highest BCUT2D eigenvalue weighted by Gasteiger charge is 2.27. The van der Waals surface area contributed by atoms with Crippen LogP contribution in [0, 0.1) is 0 Å². The predicted molar refractivity (Wildman–Crippen MR) is 140 cm³/mol. The van der Waals surface area contributed by atoms with Crippen molar-refractivity contribution in [2.45, 2.75) is 30.8 Å². The number of likely N-dealkylation sites (tertiary alicyclic amines) is 1. The molecule has 9 heteroatoms. The van der Waals surface area contributed by atoms with Crippen molar-refractivity contribution in [3.05, 3.63) is 94.0 Å². The van der Waals surface area contributed by atoms with E-state index in [9.17, 15) is 13.2 Å². The third-order valence-electron chi connectivity index (χ3n) is 5.93. The molecule has 3 aromatic carbocycles. The number of amides is 1. The highest BCUT2D eigenvalue weighted by molar-refractivity contribution is 7.92. The number of nitrogens with zero attached hydrogens (tertiary/aromatic N) is 2. The zero-order valence-electron chi connectivity index (χ0n) is 19.2. The fraction of sp³-hybridized carbons (Fsp3) is 0.269. The molecule has 1 aliphatic rings. The van der Waals surface area contributed by atoms with Crippen LogP contribution in [0.25, 0.3) is 0 Å². The van der Waals surface area contributed by atoms with Crippen LogP contribution in [0.1, 0.15) is 24.0 Å². The Labute approximate surface area is 216 Å². The molecule has 4 rings (SSSR count). The zero-order chi connectivity index (χ0) is 24.8. The van der Waals surface area contributed by atoms with Gasteiger partial charge < -0.3 is 5.32 Å². The molecule has 0 saturated carbocycles. The van der Waals surface area contributed by atoms with Gasteiger partial charge in [-0.15, -0.1) is 0 Å². The van der Waals surface area contributed by atoms with Gasteiger partial charge in [-0.25, -0.2) is 8.42 Å². The number of hydrogen-bond donors (Lipinski definition) is 1. The van der Waals surface area contributed by atoms with Crippen LogP contribution < -0.4 is 9.62 Å². The number of sulfonamides is 1. The summed E-state index contributed by atoms with van der Waals surface area (Å²) in [5.74, 6) is -0.434. The van der Waals surface area contributed by atoms with Crippen LogP contribution in [-0.4, -0.2) is 38.9 Å². The summed E-state index contributed by atoms with van der Waals surface area (Å²) in [5, 5.41) is 3.32. The number of benzene rings is 3. The molecule has 1 amide bonds. The van der Waals surface area contributed by atoms with Gasteiger partial charge in [-0.05, 0) is 67.4 Å². The lowest BCUT2D eigenvalue weighted by Gasteiger charge is -2.24. The molecule has 0 aromatic heterocycles. The van der Waals surface area contributed by atoms with Gasteiger partial charge in [-0.1, -0.05) is 65.7 Å². The Morgan fingerprint density at radius 3 is 2.20 bits per heavy atom. The van der Waals surface area contributed by atoms with Crippen molar-refractivity contribution in [1.29, 1.82) is 0 Å². The molecule has 0 aliphatic carbocycles. The third kappa shape index (κ3) is 6.55. The van der Waals surface area contributed by atoms with E-state index in [4.69, 9.17) is 23.2 Å². The third-order valence-corrected chi connectivity index (χ3v) is 8.45. The summed E-state index contributed by atoms with van der Waals surface area (Å²) in [6, 6.07) is 20.6. The maximum absolute atomic E-state index is 13.4. The number of carbonyl (C=O) groups excluding carboxylic acids is 1. The second kappa shape index (κ2) is 11.4. The van der Waals surface area contributed by atoms with Crippen molar-refractivity contribution in [3.8, 4) is 0 Å². The molecule has 35 heavy (non-hydrogen) atoms. The van der Waals surface area contributed by atoms with Crippen LogP contribution in [-0.2, 0) is 27.9 Å². The second-order valence-corrected chi connectivity index (χ2v) is 11.2. The molecule has 0 unspecified atom stereocenters. The van der Waals surface area contributed by atoms with E-state index in [2.05, 4.69) is 22.3 Å². The average Bonchev–Trinajstić information content (AvgIpc) is 3.37. The van der Waals surface area contributed by atoms with Crippen LogP contribution in [0.3, 0.4) is 0 Å². The Balaban J connectivity index is 1.45. The highest BCUT2D eigenvalue weighted by atomic mass is 35.5. The highest BCUT2D eigenvalue weighted by Crippen LogP contribution is 2.30. The van der Waals surface area contributed by atoms with Gasteiger partial charge >= 0.3 is 0 Å². The molecule has 1 heterocycles. The van der Waals surface area contributed by atoms with Gasteiger partial charge in [0.15, 0.2) is 0 Å². The molecule has 0 spiro atoms. The van der Waals surface area contributed by atoms with Crippen LogP contribution in [0.4, 0.5) is 5.69 Å². The lowest BCUT2D eigenvalue weighted by atomic mass is 10.1. The van der Waals surface area contributed by atoms with E-state index in [1.54, 1.807) is 18.2 Å². The Morgan fingerprint density at radius 1 is 0.886 bits per heavy atom. The van der Waals surface area contributed by atoms with E-state index in [1.807, 2.05) is 12.1 Å². The summed E-state index contributed by atoms with van der Waals surface area (Å²) in [4.78, 5) is 15.4. The molecule has 184 valence electrons. The summed E-state index contributed by atoms with van der Waals surface area (Å²) >= 11 is 12.2. The van der Waals surface area contributed by atoms with E-state index >= 15 is 0 Å². The van der Waals surface area contributed by atoms with Crippen molar-refractivity contribution in [2.24, 2.45) is 0 Å². The van der Waals surface area contributed by atoms with E-state index in [-0.39, 0.29) is 15.6 Å². The van der Waals surface area contributed by atoms with Crippen molar-refractivity contribution in [3.63, 3.8) is 0 Å². The van der Waals surface area contributed by atoms with Crippen molar-refractivity contribution < 1.29 is 13.2 Å². The summed E-state index contributed by atoms with van der Waals surface area (Å²) in [6.45, 7) is 3.10. The first-order valence-electron chi connectivity index (χ1n) is 11.4. The largest absolute Gasteiger partial charge is 0.350 e. The summed E-state index contributed by atoms with van der Waals surface area (Å²) in [5.41, 5.74) is 2.43. The number of halogens is 2. The number of carbonyl (C=O) groups is 1. The normalized spacial score (nSPS) is 14.1. The molecular weight excluding hydrogens is 505 g/mol. The molecule has 6 nitrogen and oxygen atoms in total. The SMILES string of the molecule is O=C(CN(c1ccc(Cl)c(Cl)c1)S(=O)(=O)c1ccccc1)NCc1ccc(CN2CCCC2)cc1. The monoisotopic (exact) mass is 531 g/mol. The van der Waals surface area contributed by atoms with Crippen molar-refractivity contribution in [1.82, 2.24) is 10.2 Å². The molecule has 3 aromatic rings. The van der Waals surface area contributed by atoms with Gasteiger partial charge in [0.1, 0.15) is 6.54 Å². The number of hydrogen-bond acceptors (Lipinski definition) is 4. The molecule has 0 atom stereocenters. The van der Waals surface area contributed by atoms with Gasteiger partial charge in [-0.3, -0.25) is 14.0 Å². The molecule has 0 bridgehead atoms. The fourth-order valence-electron chi connectivity index (χ4n) is 4.02. The fourth-order valence-corrected chi connectivity index (χ4v) is 5.75. The first kappa shape index (κ1) is 25.5. The van der Waals surface area contributed by atoms with Gasteiger partial charge in [-0.2, -0.15) is 0 Å². The first-order valence-corrected chi connectivity index (χ1v) is 13.6. The second-order valence-electron chi connectivity index (χ2n) is 8.50. The van der Waals surface area contributed by atoms with Crippen LogP contribution in [0.15, 0.2) is 77.7 Å². The number of nitrogens with one attached hydrogen (secondary N) is 1. The quantitative estimate of drug-likeness (QED) is 0.417. The number of anilines is 1. The Hall–Kier alpha value is -2.58. The van der Waals surface area contributed by atoms with E-state index < -0.39 is 22.5 Å². The molecular formula is C26H27Cl2N3O3S. The summed E-state index contributed by atoms with van der Waals surface area (Å²) in [7, 11) is -4.01. The topological polar surface area (TPSA) is 69.7 Å². The molecule has 1 aliphatic heterocycles. The smallest absolute Gasteiger partial charge is 0.264 e. The molecule has 1 saturated heterocycles. The number of rotatable bonds is 9. The van der Waals surface area contributed by atoms with Gasteiger partial charge in [0.05, 0.1) is 20.6 Å². The van der Waals surface area contributed by atoms with E-state index in [0.29, 0.717) is 11.6 Å². The van der Waals surface area contributed by atoms with Gasteiger partial charge in [0, 0.05) is 13.1 Å². The standard InChI is InChI=1S/C26H27Cl2N3O3S/c27-24-13-12-22(16-25(24)28)31(35(33,34)23-6-2-1-3-7-23)19-26(32)29-17-20-8-10-21(11-9-20)18-30-14-4-5-15-30/h1-3,6-13,16H,4-5,14-15,17-19H2,(H,29,32). The Kier molecular flexibility index (Phi) is 8.34. The lowest BCUT2D eigenvalue weighted by molar-refractivity contribution is -0.119. The summed E-state index contributed by atoms with van der Waals surface area (Å²) < 4.78 is 27.8. The Morgan fingerprint density at radius 2 is 1.54 bits per heavy atom. The van der Waals surface area contributed by atoms with Gasteiger partial charge in [0.25, 0.3) is 10.0 Å². The maximum atomic E-state index is 13.4.